The van der Waals surface area contributed by atoms with Crippen LogP contribution in [0.2, 0.25) is 0 Å². The molecule has 0 aromatic heterocycles. The smallest absolute Gasteiger partial charge is 0.315 e. The summed E-state index contributed by atoms with van der Waals surface area (Å²) in [5, 5.41) is 8.69. The third-order valence-electron chi connectivity index (χ3n) is 12.0. The van der Waals surface area contributed by atoms with Crippen molar-refractivity contribution in [1.82, 2.24) is 25.8 Å². The molecule has 3 saturated carbocycles. The number of nitrogens with two attached hydrogens (primary N) is 1. The van der Waals surface area contributed by atoms with Gasteiger partial charge in [0.25, 0.3) is 5.91 Å². The molecule has 0 aromatic carbocycles. The van der Waals surface area contributed by atoms with Gasteiger partial charge in [-0.05, 0) is 71.5 Å². The lowest BCUT2D eigenvalue weighted by molar-refractivity contribution is -0.153. The van der Waals surface area contributed by atoms with Gasteiger partial charge in [0.05, 0.1) is 12.1 Å². The van der Waals surface area contributed by atoms with Crippen molar-refractivity contribution in [3.8, 4) is 0 Å². The van der Waals surface area contributed by atoms with Crippen molar-refractivity contribution in [3.05, 3.63) is 0 Å². The third-order valence-corrected chi connectivity index (χ3v) is 12.0. The van der Waals surface area contributed by atoms with Gasteiger partial charge in [0, 0.05) is 25.9 Å². The van der Waals surface area contributed by atoms with Gasteiger partial charge in [-0.15, -0.1) is 0 Å². The Morgan fingerprint density at radius 2 is 1.46 bits per heavy atom. The van der Waals surface area contributed by atoms with Gasteiger partial charge in [0.15, 0.2) is 0 Å². The number of nitrogens with one attached hydrogen (secondary N) is 3. The van der Waals surface area contributed by atoms with Crippen molar-refractivity contribution in [2.24, 2.45) is 45.1 Å². The van der Waals surface area contributed by atoms with Crippen LogP contribution in [-0.4, -0.2) is 88.4 Å². The molecule has 13 nitrogen and oxygen atoms in total. The lowest BCUT2D eigenvalue weighted by Crippen LogP contribution is -2.62. The lowest BCUT2D eigenvalue weighted by atomic mass is 9.80. The van der Waals surface area contributed by atoms with Crippen LogP contribution in [0.15, 0.2) is 0 Å². The summed E-state index contributed by atoms with van der Waals surface area (Å²) < 4.78 is 0. The number of likely N-dealkylation sites (tertiary alicyclic amines) is 2. The first-order valence-corrected chi connectivity index (χ1v) is 18.4. The van der Waals surface area contributed by atoms with Crippen molar-refractivity contribution >= 4 is 41.4 Å². The quantitative estimate of drug-likeness (QED) is 0.189. The summed E-state index contributed by atoms with van der Waals surface area (Å²) >= 11 is 0. The minimum atomic E-state index is -1.10. The van der Waals surface area contributed by atoms with Gasteiger partial charge < -0.3 is 26.6 Å². The Morgan fingerprint density at radius 3 is 1.96 bits per heavy atom. The first-order valence-electron chi connectivity index (χ1n) is 18.4. The van der Waals surface area contributed by atoms with E-state index >= 15 is 0 Å². The molecule has 278 valence electrons. The van der Waals surface area contributed by atoms with Crippen molar-refractivity contribution in [2.75, 3.05) is 13.1 Å². The number of hydrogen-bond acceptors (Lipinski definition) is 7. The second-order valence-electron chi connectivity index (χ2n) is 18.8. The van der Waals surface area contributed by atoms with Crippen LogP contribution in [0, 0.1) is 39.4 Å². The number of ketones is 1. The van der Waals surface area contributed by atoms with E-state index in [9.17, 15) is 33.6 Å². The molecule has 2 saturated heterocycles. The minimum Gasteiger partial charge on any atom is -0.363 e. The van der Waals surface area contributed by atoms with Crippen LogP contribution in [0.4, 0.5) is 4.79 Å². The molecular formula is C37H58N6O7. The maximum absolute atomic E-state index is 14.6. The monoisotopic (exact) mass is 698 g/mol. The van der Waals surface area contributed by atoms with Gasteiger partial charge in [-0.3, -0.25) is 33.7 Å². The van der Waals surface area contributed by atoms with Crippen LogP contribution >= 0.6 is 0 Å². The average Bonchev–Trinajstić information content (AvgIpc) is 3.88. The predicted octanol–water partition coefficient (Wildman–Crippen LogP) is 2.65. The van der Waals surface area contributed by atoms with E-state index in [0.717, 1.165) is 38.5 Å². The van der Waals surface area contributed by atoms with Crippen LogP contribution in [0.3, 0.4) is 0 Å². The zero-order valence-electron chi connectivity index (χ0n) is 31.1. The SMILES string of the molecule is CC1(C)CC(=O)N(C[C@@H](NC(=O)N[C@H](C(=O)N2C[C@H]3[C@H](CCC34CC4)[C@H]2C(=O)NC(CC2CC2)C(=O)C(N)=O)C(C)(C)C)C(C)(C)C)C(=O)C1. The normalized spacial score (nSPS) is 27.3. The molecule has 2 aliphatic heterocycles. The highest BCUT2D eigenvalue weighted by atomic mass is 16.2. The molecule has 1 unspecified atom stereocenters. The van der Waals surface area contributed by atoms with Crippen molar-refractivity contribution in [3.63, 3.8) is 0 Å². The summed E-state index contributed by atoms with van der Waals surface area (Å²) in [6.07, 6.45) is 6.48. The van der Waals surface area contributed by atoms with Gasteiger partial charge >= 0.3 is 6.03 Å². The Labute approximate surface area is 295 Å². The van der Waals surface area contributed by atoms with Crippen LogP contribution in [-0.2, 0) is 28.8 Å². The van der Waals surface area contributed by atoms with Gasteiger partial charge in [0.2, 0.25) is 29.4 Å². The summed E-state index contributed by atoms with van der Waals surface area (Å²) in [4.78, 5) is 95.9. The molecule has 2 heterocycles. The highest BCUT2D eigenvalue weighted by Gasteiger charge is 2.64. The van der Waals surface area contributed by atoms with Crippen molar-refractivity contribution < 1.29 is 33.6 Å². The van der Waals surface area contributed by atoms with Crippen LogP contribution in [0.5, 0.6) is 0 Å². The molecule has 5 N–H and O–H groups in total. The molecule has 5 rings (SSSR count). The molecule has 7 amide bonds. The van der Waals surface area contributed by atoms with Crippen LogP contribution in [0.25, 0.3) is 0 Å². The minimum absolute atomic E-state index is 0.00462. The first kappa shape index (κ1) is 37.7. The Kier molecular flexibility index (Phi) is 9.99. The number of imide groups is 1. The summed E-state index contributed by atoms with van der Waals surface area (Å²) in [5.74, 6) is -3.09. The van der Waals surface area contributed by atoms with Gasteiger partial charge in [-0.2, -0.15) is 0 Å². The number of amides is 7. The fourth-order valence-electron chi connectivity index (χ4n) is 8.53. The molecule has 1 spiro atoms. The molecule has 0 aromatic rings. The van der Waals surface area contributed by atoms with Crippen molar-refractivity contribution in [1.29, 1.82) is 0 Å². The summed E-state index contributed by atoms with van der Waals surface area (Å²) in [6, 6.07) is -4.15. The van der Waals surface area contributed by atoms with E-state index in [1.54, 1.807) is 4.90 Å². The largest absolute Gasteiger partial charge is 0.363 e. The molecule has 50 heavy (non-hydrogen) atoms. The van der Waals surface area contributed by atoms with E-state index in [-0.39, 0.29) is 54.4 Å². The molecule has 13 heteroatoms. The number of urea groups is 1. The zero-order chi connectivity index (χ0) is 37.1. The molecule has 3 aliphatic carbocycles. The molecule has 6 atom stereocenters. The lowest BCUT2D eigenvalue weighted by Gasteiger charge is -2.40. The Balaban J connectivity index is 1.35. The number of Topliss-reactive ketones (excluding diaryl/α,β-unsaturated/α-hetero) is 1. The van der Waals surface area contributed by atoms with E-state index in [1.807, 2.05) is 55.4 Å². The number of primary amides is 1. The predicted molar refractivity (Wildman–Crippen MR) is 185 cm³/mol. The Hall–Kier alpha value is -3.51. The second kappa shape index (κ2) is 13.2. The number of nitrogens with zero attached hydrogens (tertiary/aromatic N) is 2. The highest BCUT2D eigenvalue weighted by molar-refractivity contribution is 6.37. The highest BCUT2D eigenvalue weighted by Crippen LogP contribution is 2.66. The first-order chi connectivity index (χ1) is 23.0. The summed E-state index contributed by atoms with van der Waals surface area (Å²) in [7, 11) is 0. The Bertz CT molecular complexity index is 1420. The van der Waals surface area contributed by atoms with E-state index in [0.29, 0.717) is 13.0 Å². The zero-order valence-corrected chi connectivity index (χ0v) is 31.1. The van der Waals surface area contributed by atoms with Gasteiger partial charge in [-0.25, -0.2) is 4.79 Å². The number of hydrogen-bond donors (Lipinski definition) is 4. The summed E-state index contributed by atoms with van der Waals surface area (Å²) in [5.41, 5.74) is 3.73. The number of rotatable bonds is 11. The molecule has 5 aliphatic rings. The third kappa shape index (κ3) is 8.01. The average molecular weight is 699 g/mol. The van der Waals surface area contributed by atoms with E-state index < -0.39 is 69.9 Å². The second-order valence-corrected chi connectivity index (χ2v) is 18.8. The van der Waals surface area contributed by atoms with E-state index in [2.05, 4.69) is 16.0 Å². The fourth-order valence-corrected chi connectivity index (χ4v) is 8.53. The number of carbonyl (C=O) groups is 7. The van der Waals surface area contributed by atoms with Crippen LogP contribution in [0.1, 0.15) is 113 Å². The van der Waals surface area contributed by atoms with Crippen LogP contribution < -0.4 is 21.7 Å². The van der Waals surface area contributed by atoms with E-state index in [4.69, 9.17) is 5.73 Å². The fraction of sp³-hybridized carbons (Fsp3) is 0.811. The Morgan fingerprint density at radius 1 is 0.860 bits per heavy atom. The topological polar surface area (TPSA) is 188 Å². The molecule has 5 fully saturated rings. The summed E-state index contributed by atoms with van der Waals surface area (Å²) in [6.45, 7) is 15.4. The maximum Gasteiger partial charge on any atom is 0.315 e. The molecule has 0 radical (unpaired) electrons. The van der Waals surface area contributed by atoms with Gasteiger partial charge in [0.1, 0.15) is 12.1 Å². The maximum atomic E-state index is 14.6. The number of fused-ring (bicyclic) bond motifs is 2. The standard InChI is InChI=1S/C37H58N6O7/c1-34(2,3)24(19-42-25(44)16-36(7,8)17-26(42)45)40-33(50)41-29(35(4,5)6)32(49)43-18-22-21(11-12-37(22)13-14-37)27(43)31(48)39-23(15-20-9-10-20)28(46)30(38)47/h20-24,27,29H,9-19H2,1-8H3,(H2,38,47)(H,39,48)(H2,40,41,50)/t21-,22-,23?,24+,27-,29+/m0/s1. The van der Waals surface area contributed by atoms with Gasteiger partial charge in [-0.1, -0.05) is 68.2 Å². The van der Waals surface area contributed by atoms with Crippen molar-refractivity contribution in [2.45, 2.75) is 137 Å². The number of piperidine rings is 1. The number of carbonyl (C=O) groups excluding carboxylic acids is 7. The van der Waals surface area contributed by atoms with E-state index in [1.165, 1.54) is 4.90 Å². The molecular weight excluding hydrogens is 640 g/mol. The molecule has 0 bridgehead atoms.